The summed E-state index contributed by atoms with van der Waals surface area (Å²) in [5.74, 6) is 0.995. The molecule has 138 valence electrons. The molecule has 1 aliphatic heterocycles. The van der Waals surface area contributed by atoms with Gasteiger partial charge in [-0.1, -0.05) is 5.16 Å². The van der Waals surface area contributed by atoms with Crippen LogP contribution in [0.4, 0.5) is 5.82 Å². The molecule has 4 heterocycles. The zero-order chi connectivity index (χ0) is 19.1. The highest BCUT2D eigenvalue weighted by Crippen LogP contribution is 2.30. The third-order valence-corrected chi connectivity index (χ3v) is 5.14. The topological polar surface area (TPSA) is 99.5 Å². The van der Waals surface area contributed by atoms with Crippen LogP contribution in [-0.2, 0) is 4.79 Å². The van der Waals surface area contributed by atoms with E-state index < -0.39 is 0 Å². The Labute approximate surface area is 156 Å². The second kappa shape index (κ2) is 6.43. The van der Waals surface area contributed by atoms with E-state index in [9.17, 15) is 4.79 Å². The van der Waals surface area contributed by atoms with Gasteiger partial charge >= 0.3 is 0 Å². The molecule has 0 aliphatic carbocycles. The van der Waals surface area contributed by atoms with Gasteiger partial charge in [-0.15, -0.1) is 0 Å². The largest absolute Gasteiger partial charge is 0.361 e. The highest BCUT2D eigenvalue weighted by atomic mass is 16.5. The number of hydrogen-bond acceptors (Lipinski definition) is 6. The lowest BCUT2D eigenvalue weighted by atomic mass is 10.0. The number of rotatable bonds is 3. The predicted molar refractivity (Wildman–Crippen MR) is 98.8 cm³/mol. The third-order valence-electron chi connectivity index (χ3n) is 5.14. The summed E-state index contributed by atoms with van der Waals surface area (Å²) in [7, 11) is 0. The second-order valence-electron chi connectivity index (χ2n) is 6.91. The van der Waals surface area contributed by atoms with Crippen LogP contribution in [0.1, 0.15) is 23.6 Å². The summed E-state index contributed by atoms with van der Waals surface area (Å²) in [5.41, 5.74) is 4.59. The van der Waals surface area contributed by atoms with E-state index >= 15 is 0 Å². The molecular weight excluding hydrogens is 344 g/mol. The molecule has 1 aliphatic rings. The maximum Gasteiger partial charge on any atom is 0.230 e. The van der Waals surface area contributed by atoms with Crippen LogP contribution in [0, 0.1) is 38.1 Å². The molecule has 0 bridgehead atoms. The quantitative estimate of drug-likeness (QED) is 0.717. The van der Waals surface area contributed by atoms with Crippen molar-refractivity contribution in [2.24, 2.45) is 5.92 Å². The van der Waals surface area contributed by atoms with Gasteiger partial charge in [0.15, 0.2) is 12.0 Å². The van der Waals surface area contributed by atoms with E-state index in [1.807, 2.05) is 43.5 Å². The Balaban J connectivity index is 1.63. The second-order valence-corrected chi connectivity index (χ2v) is 6.91. The van der Waals surface area contributed by atoms with E-state index in [0.717, 1.165) is 33.9 Å². The van der Waals surface area contributed by atoms with Crippen molar-refractivity contribution in [3.63, 3.8) is 0 Å². The van der Waals surface area contributed by atoms with E-state index in [0.29, 0.717) is 25.3 Å². The van der Waals surface area contributed by atoms with Gasteiger partial charge in [-0.3, -0.25) is 4.79 Å². The first-order valence-electron chi connectivity index (χ1n) is 8.85. The highest BCUT2D eigenvalue weighted by Gasteiger charge is 2.28. The summed E-state index contributed by atoms with van der Waals surface area (Å²) in [6.07, 6.45) is 4.59. The lowest BCUT2D eigenvalue weighted by molar-refractivity contribution is -0.119. The average Bonchev–Trinajstić information content (AvgIpc) is 3.35. The standard InChI is InChI=1S/C19H20N6O2/c1-11-18(13(3)27-23-11)15-4-5-17-21-16(9-25(17)12(15)2)22-19(26)14-6-7-24(8-14)10-20/h4-5,9,14H,6-8H2,1-3H3,(H,22,26)/t14-/m0/s1. The fourth-order valence-corrected chi connectivity index (χ4v) is 3.67. The maximum atomic E-state index is 12.5. The van der Waals surface area contributed by atoms with E-state index in [-0.39, 0.29) is 11.8 Å². The smallest absolute Gasteiger partial charge is 0.230 e. The van der Waals surface area contributed by atoms with Crippen LogP contribution in [0.25, 0.3) is 16.8 Å². The number of aromatic nitrogens is 3. The molecule has 4 rings (SSSR count). The number of aryl methyl sites for hydroxylation is 3. The van der Waals surface area contributed by atoms with E-state index in [1.54, 1.807) is 4.90 Å². The number of likely N-dealkylation sites (tertiary alicyclic amines) is 1. The molecule has 0 spiro atoms. The molecule has 1 fully saturated rings. The van der Waals surface area contributed by atoms with Gasteiger partial charge in [0.25, 0.3) is 0 Å². The molecule has 1 saturated heterocycles. The van der Waals surface area contributed by atoms with Crippen molar-refractivity contribution in [1.82, 2.24) is 19.4 Å². The predicted octanol–water partition coefficient (Wildman–Crippen LogP) is 2.66. The number of nitriles is 1. The summed E-state index contributed by atoms with van der Waals surface area (Å²) in [4.78, 5) is 18.6. The maximum absolute atomic E-state index is 12.5. The van der Waals surface area contributed by atoms with Crippen molar-refractivity contribution >= 4 is 17.4 Å². The molecule has 8 heteroatoms. The number of anilines is 1. The molecule has 1 atom stereocenters. The van der Waals surface area contributed by atoms with Crippen LogP contribution in [-0.4, -0.2) is 38.4 Å². The van der Waals surface area contributed by atoms with Gasteiger partial charge in [0.2, 0.25) is 5.91 Å². The van der Waals surface area contributed by atoms with Gasteiger partial charge in [-0.25, -0.2) is 4.98 Å². The van der Waals surface area contributed by atoms with Crippen molar-refractivity contribution < 1.29 is 9.32 Å². The first-order valence-corrected chi connectivity index (χ1v) is 8.85. The van der Waals surface area contributed by atoms with Crippen LogP contribution in [0.2, 0.25) is 0 Å². The van der Waals surface area contributed by atoms with Crippen molar-refractivity contribution in [3.05, 3.63) is 35.5 Å². The Kier molecular flexibility index (Phi) is 4.07. The lowest BCUT2D eigenvalue weighted by Gasteiger charge is -2.08. The number of nitrogens with one attached hydrogen (secondary N) is 1. The number of nitrogens with zero attached hydrogens (tertiary/aromatic N) is 5. The van der Waals surface area contributed by atoms with Crippen molar-refractivity contribution in [3.8, 4) is 17.3 Å². The number of carbonyl (C=O) groups excluding carboxylic acids is 1. The van der Waals surface area contributed by atoms with Crippen LogP contribution in [0.15, 0.2) is 22.9 Å². The normalized spacial score (nSPS) is 16.7. The van der Waals surface area contributed by atoms with Gasteiger partial charge in [-0.2, -0.15) is 5.26 Å². The SMILES string of the molecule is Cc1noc(C)c1-c1ccc2nc(NC(=O)[C@H]3CCN(C#N)C3)cn2c1C. The van der Waals surface area contributed by atoms with Crippen LogP contribution < -0.4 is 5.32 Å². The highest BCUT2D eigenvalue weighted by molar-refractivity contribution is 5.92. The number of hydrogen-bond donors (Lipinski definition) is 1. The molecule has 27 heavy (non-hydrogen) atoms. The summed E-state index contributed by atoms with van der Waals surface area (Å²) in [6.45, 7) is 6.90. The molecular formula is C19H20N6O2. The monoisotopic (exact) mass is 364 g/mol. The van der Waals surface area contributed by atoms with Gasteiger partial charge in [0, 0.05) is 29.9 Å². The molecule has 8 nitrogen and oxygen atoms in total. The fourth-order valence-electron chi connectivity index (χ4n) is 3.67. The molecule has 0 unspecified atom stereocenters. The summed E-state index contributed by atoms with van der Waals surface area (Å²) in [6, 6.07) is 3.91. The van der Waals surface area contributed by atoms with E-state index in [2.05, 4.69) is 21.7 Å². The Morgan fingerprint density at radius 1 is 1.37 bits per heavy atom. The fraction of sp³-hybridized carbons (Fsp3) is 0.368. The number of fused-ring (bicyclic) bond motifs is 1. The first kappa shape index (κ1) is 17.1. The zero-order valence-corrected chi connectivity index (χ0v) is 15.5. The van der Waals surface area contributed by atoms with E-state index in [4.69, 9.17) is 9.78 Å². The minimum atomic E-state index is -0.187. The van der Waals surface area contributed by atoms with Gasteiger partial charge in [0.1, 0.15) is 11.4 Å². The molecule has 0 aromatic carbocycles. The van der Waals surface area contributed by atoms with Crippen molar-refractivity contribution in [1.29, 1.82) is 5.26 Å². The molecule has 1 amide bonds. The van der Waals surface area contributed by atoms with E-state index in [1.165, 1.54) is 0 Å². The molecule has 0 radical (unpaired) electrons. The zero-order valence-electron chi connectivity index (χ0n) is 15.5. The summed E-state index contributed by atoms with van der Waals surface area (Å²) in [5, 5.41) is 15.9. The third kappa shape index (κ3) is 2.91. The number of pyridine rings is 1. The lowest BCUT2D eigenvalue weighted by Crippen LogP contribution is -2.25. The van der Waals surface area contributed by atoms with Crippen LogP contribution in [0.3, 0.4) is 0 Å². The number of carbonyl (C=O) groups is 1. The Hall–Kier alpha value is -3.34. The number of imidazole rings is 1. The van der Waals surface area contributed by atoms with Gasteiger partial charge in [0.05, 0.1) is 17.8 Å². The Morgan fingerprint density at radius 2 is 2.19 bits per heavy atom. The molecule has 1 N–H and O–H groups in total. The van der Waals surface area contributed by atoms with Crippen molar-refractivity contribution in [2.45, 2.75) is 27.2 Å². The first-order chi connectivity index (χ1) is 13.0. The van der Waals surface area contributed by atoms with Crippen LogP contribution >= 0.6 is 0 Å². The minimum Gasteiger partial charge on any atom is -0.361 e. The minimum absolute atomic E-state index is 0.0974. The Bertz CT molecular complexity index is 1050. The number of amides is 1. The van der Waals surface area contributed by atoms with Gasteiger partial charge < -0.3 is 19.1 Å². The summed E-state index contributed by atoms with van der Waals surface area (Å²) >= 11 is 0. The molecule has 3 aromatic rings. The summed E-state index contributed by atoms with van der Waals surface area (Å²) < 4.78 is 7.24. The van der Waals surface area contributed by atoms with Crippen LogP contribution in [0.5, 0.6) is 0 Å². The Morgan fingerprint density at radius 3 is 2.85 bits per heavy atom. The average molecular weight is 364 g/mol. The van der Waals surface area contributed by atoms with Gasteiger partial charge in [-0.05, 0) is 39.3 Å². The molecule has 3 aromatic heterocycles. The molecule has 0 saturated carbocycles. The van der Waals surface area contributed by atoms with Crippen molar-refractivity contribution in [2.75, 3.05) is 18.4 Å².